The summed E-state index contributed by atoms with van der Waals surface area (Å²) in [6.07, 6.45) is 6.03. The number of hydrogen-bond acceptors (Lipinski definition) is 16. The van der Waals surface area contributed by atoms with Crippen molar-refractivity contribution in [3.05, 3.63) is 200 Å². The van der Waals surface area contributed by atoms with Crippen LogP contribution >= 0.6 is 0 Å². The van der Waals surface area contributed by atoms with Crippen LogP contribution in [0.15, 0.2) is 152 Å². The molecule has 8 nitrogen and oxygen atoms in total. The van der Waals surface area contributed by atoms with Crippen LogP contribution in [0.25, 0.3) is 5.57 Å². The fraction of sp³-hybridized carbons (Fsp3) is 0.362. The molecule has 0 amide bonds. The summed E-state index contributed by atoms with van der Waals surface area (Å²) >= 11 is 36.0. The first kappa shape index (κ1) is 165. The number of rotatable bonds is 12. The van der Waals surface area contributed by atoms with Crippen LogP contribution in [0.4, 0.5) is 0 Å². The molecule has 0 unspecified atom stereocenters. The Labute approximate surface area is 1090 Å². The molecule has 0 atom stereocenters. The van der Waals surface area contributed by atoms with Crippen LogP contribution in [0.3, 0.4) is 0 Å². The van der Waals surface area contributed by atoms with E-state index in [0.29, 0.717) is 37.5 Å². The van der Waals surface area contributed by atoms with Gasteiger partial charge in [-0.2, -0.15) is 12.1 Å². The van der Waals surface area contributed by atoms with Crippen molar-refractivity contribution in [1.29, 1.82) is 0 Å². The summed E-state index contributed by atoms with van der Waals surface area (Å²) in [5.74, 6) is 1.98. The first-order chi connectivity index (χ1) is 69.2. The van der Waals surface area contributed by atoms with Gasteiger partial charge in [0.05, 0.1) is 18.2 Å². The van der Waals surface area contributed by atoms with Crippen molar-refractivity contribution >= 4 is 681 Å². The number of likely N-dealkylation sites (N-methyl/N-ethyl adjacent to an activating group) is 1. The number of nitrogens with zero attached hydrogens (tertiary/aromatic N) is 5. The van der Waals surface area contributed by atoms with E-state index in [1.165, 1.54) is 58.9 Å². The molecule has 0 saturated carbocycles. The van der Waals surface area contributed by atoms with E-state index < -0.39 is 0 Å². The molecule has 3 aromatic carbocycles. The van der Waals surface area contributed by atoms with Gasteiger partial charge in [-0.3, -0.25) is 0 Å². The van der Waals surface area contributed by atoms with E-state index >= 15 is 0 Å². The van der Waals surface area contributed by atoms with Gasteiger partial charge in [0.15, 0.2) is 0 Å². The average Bonchev–Trinajstić information content (AvgIpc) is 0.850. The molecule has 0 fully saturated rings. The minimum atomic E-state index is 0. The van der Waals surface area contributed by atoms with Gasteiger partial charge in [0.1, 0.15) is 13.2 Å². The van der Waals surface area contributed by atoms with Crippen molar-refractivity contribution < 1.29 is 46.9 Å². The van der Waals surface area contributed by atoms with Gasteiger partial charge in [-0.25, -0.2) is 9.97 Å². The SMILES string of the molecule is CC.CC.CC.CC.CC.CN1CC=C(c2cccc(OCc3ccccc3)n2)CC1.Cc1cccc(OCc2ccccc2)n1.S=S.S=S=S=S=S=S=S=S=S=S=S=S=S=S=S=S=S=S=S=S=S=S=S.S=S=S=S=S=S=S=S=S=S=S=S=S=S=S=S=S=S=S=S=S=S=S=S.S=S=S=S=S=S=S=S=S=S=S=S=S=S=S=S=S=S=S=S=S=S=S=S=S.[CH2-]CN(C)C[CH2-].[Y+3].[c-]1cccc(OCc2ccccc2)n1. The van der Waals surface area contributed by atoms with Crippen molar-refractivity contribution in [2.45, 2.75) is 102 Å². The maximum Gasteiger partial charge on any atom is 3.00 e. The van der Waals surface area contributed by atoms with E-state index in [1.54, 1.807) is 415 Å². The molecule has 83 heteroatoms. The molecular formula is C58H84N5O3S74Y. The number of aromatic nitrogens is 3. The van der Waals surface area contributed by atoms with Gasteiger partial charge in [-0.05, 0) is 61.8 Å². The van der Waals surface area contributed by atoms with Crippen LogP contribution in [0.2, 0.25) is 0 Å². The standard InChI is InChI=1S/C18H20N2O.C13H13NO.C12H10NO.C5H11N.5C2H6.S25.S24.S23.S2.Y/c1-20-12-10-16(11-13-20)17-8-5-9-18(19-17)21-14-15-6-3-2-4-7-15;1-11-6-5-9-13(14-11)15-10-12-7-3-2-4-8-12;1-2-6-11(7-3-1)10-14-12-8-4-5-9-13-12;1-4-6(3)5-2;5*1-2;1-3-5-7-9-11-13-15-17-19-21-23-25-24-22-20-18-16-14-12-10-8-6-4-2;1-3-5-7-9-11-13-15-17-19-21-23-24-22-20-18-16-14-12-10-8-6-4-2;1-3-5-7-9-11-13-15-17-19-21-23-22-20-18-16-14-12-10-8-6-4-2;1-2;/h2-10H,11-14H2,1H3;2-9H,10H2,1H3;1-8H,10H2;1-2,4-5H2,3H3;5*1-2H3;;;;;/q;;-1;-2;;;;;;;;;;+3. The second kappa shape index (κ2) is 152. The fourth-order valence-electron chi connectivity index (χ4n) is 5.65. The van der Waals surface area contributed by atoms with Crippen LogP contribution in [-0.4, -0.2) is 65.0 Å². The van der Waals surface area contributed by atoms with E-state index in [9.17, 15) is 0 Å². The van der Waals surface area contributed by atoms with E-state index in [0.717, 1.165) is 60.7 Å². The van der Waals surface area contributed by atoms with Gasteiger partial charge in [0.2, 0.25) is 11.8 Å². The molecule has 0 saturated heterocycles. The molecule has 7 rings (SSSR count). The van der Waals surface area contributed by atoms with Gasteiger partial charge in [-0.15, -0.1) is 19.2 Å². The zero-order chi connectivity index (χ0) is 104. The van der Waals surface area contributed by atoms with Gasteiger partial charge in [-0.1, -0.05) is 185 Å². The maximum atomic E-state index is 5.80. The number of aryl methyl sites for hydroxylation is 1. The molecule has 0 bridgehead atoms. The summed E-state index contributed by atoms with van der Waals surface area (Å²) in [6.45, 7) is 34.7. The Hall–Kier alpha value is 11.6. The van der Waals surface area contributed by atoms with Crippen molar-refractivity contribution in [3.63, 3.8) is 0 Å². The Bertz CT molecular complexity index is 7640. The Morgan fingerprint density at radius 3 is 0.723 bits per heavy atom. The minimum absolute atomic E-state index is 0. The van der Waals surface area contributed by atoms with Crippen molar-refractivity contribution in [2.75, 3.05) is 40.3 Å². The van der Waals surface area contributed by atoms with Gasteiger partial charge in [0, 0.05) is 707 Å². The van der Waals surface area contributed by atoms with Crippen molar-refractivity contribution in [3.8, 4) is 17.6 Å². The summed E-state index contributed by atoms with van der Waals surface area (Å²) < 4.78 is 16.8. The van der Waals surface area contributed by atoms with E-state index in [1.807, 2.05) is 334 Å². The van der Waals surface area contributed by atoms with Crippen molar-refractivity contribution in [1.82, 2.24) is 24.8 Å². The average molecular weight is 3360 g/mol. The summed E-state index contributed by atoms with van der Waals surface area (Å²) in [6, 6.07) is 47.4. The zero-order valence-corrected chi connectivity index (χ0v) is 137. The first-order valence-electron chi connectivity index (χ1n) is 35.5. The van der Waals surface area contributed by atoms with E-state index in [2.05, 4.69) is 93.6 Å². The second-order valence-corrected chi connectivity index (χ2v) is 134. The number of ether oxygens (including phenoxy) is 3. The molecule has 0 spiro atoms. The molecular weight excluding hydrogens is 3280 g/mol. The zero-order valence-electron chi connectivity index (χ0n) is 73.8. The summed E-state index contributed by atoms with van der Waals surface area (Å²) in [5.41, 5.74) is 6.77. The topological polar surface area (TPSA) is 72.8 Å². The van der Waals surface area contributed by atoms with Crippen LogP contribution in [0.5, 0.6) is 17.6 Å². The van der Waals surface area contributed by atoms with Gasteiger partial charge < -0.3 is 42.8 Å². The maximum absolute atomic E-state index is 5.80. The third-order valence-electron chi connectivity index (χ3n) is 10.1. The molecule has 4 heterocycles. The third-order valence-corrected chi connectivity index (χ3v) is 150. The number of pyridine rings is 3. The molecule has 806 valence electrons. The third kappa shape index (κ3) is 133. The molecule has 6 aromatic rings. The molecule has 3 aromatic heterocycles. The molecule has 0 N–H and O–H groups in total. The predicted molar refractivity (Wildman–Crippen MR) is 829 cm³/mol. The smallest absolute Gasteiger partial charge is 0.530 e. The number of benzene rings is 3. The van der Waals surface area contributed by atoms with Crippen LogP contribution in [-0.2, 0) is 728 Å². The molecule has 0 aliphatic carbocycles. The van der Waals surface area contributed by atoms with Crippen molar-refractivity contribution in [2.24, 2.45) is 0 Å². The molecule has 1 aliphatic rings. The quantitative estimate of drug-likeness (QED) is 0.109. The van der Waals surface area contributed by atoms with Gasteiger partial charge >= 0.3 is 32.7 Å². The Morgan fingerprint density at radius 1 is 0.305 bits per heavy atom. The predicted octanol–water partition coefficient (Wildman–Crippen LogP) is 14.3. The van der Waals surface area contributed by atoms with E-state index in [4.69, 9.17) is 81.3 Å². The minimum Gasteiger partial charge on any atom is -0.530 e. The van der Waals surface area contributed by atoms with Crippen LogP contribution in [0.1, 0.15) is 104 Å². The summed E-state index contributed by atoms with van der Waals surface area (Å²) in [7, 11) is 118. The molecule has 141 heavy (non-hydrogen) atoms. The Balaban J connectivity index is -0.000000297. The fourth-order valence-corrected chi connectivity index (χ4v) is 170. The summed E-state index contributed by atoms with van der Waals surface area (Å²) in [4.78, 5) is 17.2. The molecule has 0 radical (unpaired) electrons. The second-order valence-electron chi connectivity index (χ2n) is 17.4. The number of hydrogen-bond donors (Lipinski definition) is 0. The largest absolute Gasteiger partial charge is 3.00 e. The normalized spacial score (nSPS) is 8.84. The monoisotopic (exact) mass is 3350 g/mol. The van der Waals surface area contributed by atoms with Crippen LogP contribution in [0, 0.1) is 27.0 Å². The Kier molecular flexibility index (Phi) is 178. The van der Waals surface area contributed by atoms with Crippen LogP contribution < -0.4 is 14.2 Å². The van der Waals surface area contributed by atoms with Gasteiger partial charge in [0.25, 0.3) is 0 Å². The first-order valence-corrected chi connectivity index (χ1v) is 129. The Morgan fingerprint density at radius 2 is 0.525 bits per heavy atom. The van der Waals surface area contributed by atoms with E-state index in [-0.39, 0.29) is 32.7 Å². The molecule has 1 aliphatic heterocycles. The summed E-state index contributed by atoms with van der Waals surface area (Å²) in [5, 5.41) is 0.